The second-order valence-corrected chi connectivity index (χ2v) is 9.09. The van der Waals surface area contributed by atoms with Crippen molar-refractivity contribution in [2.45, 2.75) is 71.7 Å². The fourth-order valence-electron chi connectivity index (χ4n) is 5.58. The topological polar surface area (TPSA) is 70.8 Å². The maximum atomic E-state index is 11.2. The van der Waals surface area contributed by atoms with Crippen molar-refractivity contribution in [3.8, 4) is 0 Å². The summed E-state index contributed by atoms with van der Waals surface area (Å²) in [5.74, 6) is 2.45. The number of carbonyl (C=O) groups is 1. The number of benzene rings is 1. The average molecular weight is 388 g/mol. The minimum atomic E-state index is -0.413. The standard InChI is InChI=1S/C23H33NO4/c1-13-4-10-19-15(3)22(26-12-16-6-8-17(9-7-16)21(24)25)28-23-20(19)18(13)11-5-14(2)27-23/h6-9,13-15,18-20,22-23H,4-5,10-12H2,1-3H3,(H2,24,25)/t13-,14?,15-,18+,19+,20?,22+,23+/m1/s1. The molecule has 1 saturated carbocycles. The van der Waals surface area contributed by atoms with Crippen molar-refractivity contribution in [2.75, 3.05) is 0 Å². The van der Waals surface area contributed by atoms with Gasteiger partial charge in [0.05, 0.1) is 12.7 Å². The lowest BCUT2D eigenvalue weighted by Gasteiger charge is -2.51. The zero-order valence-corrected chi connectivity index (χ0v) is 17.2. The number of carbonyl (C=O) groups excluding carboxylic acids is 1. The van der Waals surface area contributed by atoms with Crippen LogP contribution in [-0.4, -0.2) is 24.6 Å². The number of rotatable bonds is 4. The van der Waals surface area contributed by atoms with Crippen molar-refractivity contribution in [1.29, 1.82) is 0 Å². The fraction of sp³-hybridized carbons (Fsp3) is 0.696. The van der Waals surface area contributed by atoms with E-state index in [1.54, 1.807) is 12.1 Å². The van der Waals surface area contributed by atoms with Crippen LogP contribution in [0.1, 0.15) is 62.4 Å². The van der Waals surface area contributed by atoms with Gasteiger partial charge >= 0.3 is 0 Å². The van der Waals surface area contributed by atoms with E-state index in [9.17, 15) is 4.79 Å². The molecule has 3 aliphatic rings. The molecule has 8 atom stereocenters. The minimum Gasteiger partial charge on any atom is -0.366 e. The molecule has 0 radical (unpaired) electrons. The molecule has 5 heteroatoms. The summed E-state index contributed by atoms with van der Waals surface area (Å²) in [6, 6.07) is 7.26. The molecular weight excluding hydrogens is 354 g/mol. The molecular formula is C23H33NO4. The van der Waals surface area contributed by atoms with E-state index >= 15 is 0 Å². The van der Waals surface area contributed by atoms with Crippen LogP contribution in [0.4, 0.5) is 0 Å². The summed E-state index contributed by atoms with van der Waals surface area (Å²) in [6.07, 6.45) is 4.69. The van der Waals surface area contributed by atoms with Crippen molar-refractivity contribution in [2.24, 2.45) is 35.3 Å². The van der Waals surface area contributed by atoms with Crippen LogP contribution < -0.4 is 5.73 Å². The van der Waals surface area contributed by atoms with Crippen LogP contribution in [0, 0.1) is 29.6 Å². The molecule has 154 valence electrons. The van der Waals surface area contributed by atoms with E-state index < -0.39 is 5.91 Å². The third-order valence-corrected chi connectivity index (χ3v) is 7.29. The molecule has 1 aliphatic carbocycles. The Morgan fingerprint density at radius 3 is 2.46 bits per heavy atom. The number of nitrogens with two attached hydrogens (primary N) is 1. The Morgan fingerprint density at radius 1 is 1.04 bits per heavy atom. The first-order valence-electron chi connectivity index (χ1n) is 10.7. The van der Waals surface area contributed by atoms with Gasteiger partial charge in [-0.15, -0.1) is 0 Å². The van der Waals surface area contributed by atoms with Crippen LogP contribution in [0.15, 0.2) is 24.3 Å². The normalized spacial score (nSPS) is 40.4. The summed E-state index contributed by atoms with van der Waals surface area (Å²) in [5, 5.41) is 0. The zero-order chi connectivity index (χ0) is 19.8. The lowest BCUT2D eigenvalue weighted by molar-refractivity contribution is -0.336. The smallest absolute Gasteiger partial charge is 0.248 e. The average Bonchev–Trinajstić information content (AvgIpc) is 2.84. The van der Waals surface area contributed by atoms with E-state index in [2.05, 4.69) is 20.8 Å². The van der Waals surface area contributed by atoms with Crippen LogP contribution in [0.5, 0.6) is 0 Å². The number of amides is 1. The molecule has 2 unspecified atom stereocenters. The van der Waals surface area contributed by atoms with Gasteiger partial charge < -0.3 is 19.9 Å². The maximum Gasteiger partial charge on any atom is 0.248 e. The molecule has 2 N–H and O–H groups in total. The van der Waals surface area contributed by atoms with Gasteiger partial charge in [0.2, 0.25) is 5.91 Å². The van der Waals surface area contributed by atoms with E-state index in [0.717, 1.165) is 17.9 Å². The van der Waals surface area contributed by atoms with Crippen molar-refractivity contribution >= 4 is 5.91 Å². The second-order valence-electron chi connectivity index (χ2n) is 9.09. The number of hydrogen-bond acceptors (Lipinski definition) is 4. The highest BCUT2D eigenvalue weighted by molar-refractivity contribution is 5.92. The summed E-state index contributed by atoms with van der Waals surface area (Å²) < 4.78 is 18.9. The molecule has 1 aromatic carbocycles. The van der Waals surface area contributed by atoms with Gasteiger partial charge in [-0.3, -0.25) is 4.79 Å². The van der Waals surface area contributed by atoms with E-state index in [1.807, 2.05) is 12.1 Å². The lowest BCUT2D eigenvalue weighted by Crippen LogP contribution is -2.53. The first kappa shape index (κ1) is 19.9. The molecule has 3 fully saturated rings. The molecule has 0 spiro atoms. The molecule has 5 nitrogen and oxygen atoms in total. The van der Waals surface area contributed by atoms with Crippen molar-refractivity contribution in [3.05, 3.63) is 35.4 Å². The second kappa shape index (κ2) is 8.13. The summed E-state index contributed by atoms with van der Waals surface area (Å²) in [4.78, 5) is 11.2. The largest absolute Gasteiger partial charge is 0.366 e. The van der Waals surface area contributed by atoms with Gasteiger partial charge in [0.25, 0.3) is 0 Å². The Hall–Kier alpha value is -1.43. The Balaban J connectivity index is 1.46. The van der Waals surface area contributed by atoms with Crippen LogP contribution >= 0.6 is 0 Å². The monoisotopic (exact) mass is 387 g/mol. The van der Waals surface area contributed by atoms with Crippen molar-refractivity contribution in [1.82, 2.24) is 0 Å². The predicted molar refractivity (Wildman–Crippen MR) is 106 cm³/mol. The van der Waals surface area contributed by atoms with Gasteiger partial charge in [-0.2, -0.15) is 0 Å². The van der Waals surface area contributed by atoms with Crippen LogP contribution in [-0.2, 0) is 20.8 Å². The molecule has 2 saturated heterocycles. The van der Waals surface area contributed by atoms with Crippen LogP contribution in [0.3, 0.4) is 0 Å². The highest BCUT2D eigenvalue weighted by atomic mass is 16.8. The Labute approximate surface area is 167 Å². The SMILES string of the molecule is CC1CC[C@@H]2C3[C@@H](O1)O[C@H](OCc1ccc(C(N)=O)cc1)[C@H](C)[C@@H]3CC[C@H]2C. The highest BCUT2D eigenvalue weighted by Crippen LogP contribution is 2.52. The molecule has 28 heavy (non-hydrogen) atoms. The van der Waals surface area contributed by atoms with Gasteiger partial charge in [0.1, 0.15) is 0 Å². The fourth-order valence-corrected chi connectivity index (χ4v) is 5.58. The minimum absolute atomic E-state index is 0.159. The van der Waals surface area contributed by atoms with Gasteiger partial charge in [-0.1, -0.05) is 32.4 Å². The van der Waals surface area contributed by atoms with Crippen molar-refractivity contribution in [3.63, 3.8) is 0 Å². The first-order valence-corrected chi connectivity index (χ1v) is 10.7. The number of primary amides is 1. The number of ether oxygens (including phenoxy) is 3. The molecule has 1 amide bonds. The molecule has 2 heterocycles. The van der Waals surface area contributed by atoms with E-state index in [1.165, 1.54) is 19.3 Å². The van der Waals surface area contributed by atoms with Gasteiger partial charge in [0, 0.05) is 17.4 Å². The van der Waals surface area contributed by atoms with Gasteiger partial charge in [-0.05, 0) is 61.6 Å². The van der Waals surface area contributed by atoms with Crippen molar-refractivity contribution < 1.29 is 19.0 Å². The predicted octanol–water partition coefficient (Wildman–Crippen LogP) is 4.10. The molecule has 2 aliphatic heterocycles. The highest BCUT2D eigenvalue weighted by Gasteiger charge is 2.52. The summed E-state index contributed by atoms with van der Waals surface area (Å²) >= 11 is 0. The Kier molecular flexibility index (Phi) is 5.77. The van der Waals surface area contributed by atoms with E-state index in [-0.39, 0.29) is 18.7 Å². The zero-order valence-electron chi connectivity index (χ0n) is 17.2. The molecule has 1 aromatic rings. The Morgan fingerprint density at radius 2 is 1.75 bits per heavy atom. The van der Waals surface area contributed by atoms with E-state index in [4.69, 9.17) is 19.9 Å². The lowest BCUT2D eigenvalue weighted by atomic mass is 9.61. The van der Waals surface area contributed by atoms with E-state index in [0.29, 0.717) is 35.8 Å². The Bertz CT molecular complexity index is 690. The van der Waals surface area contributed by atoms with Crippen LogP contribution in [0.2, 0.25) is 0 Å². The number of hydrogen-bond donors (Lipinski definition) is 1. The molecule has 0 aromatic heterocycles. The molecule has 4 rings (SSSR count). The molecule has 0 bridgehead atoms. The summed E-state index contributed by atoms with van der Waals surface area (Å²) in [6.45, 7) is 7.28. The first-order chi connectivity index (χ1) is 13.4. The summed E-state index contributed by atoms with van der Waals surface area (Å²) in [5.41, 5.74) is 6.83. The third kappa shape index (κ3) is 3.85. The summed E-state index contributed by atoms with van der Waals surface area (Å²) in [7, 11) is 0. The maximum absolute atomic E-state index is 11.2. The quantitative estimate of drug-likeness (QED) is 0.844. The van der Waals surface area contributed by atoms with Gasteiger partial charge in [0.15, 0.2) is 12.6 Å². The van der Waals surface area contributed by atoms with Crippen LogP contribution in [0.25, 0.3) is 0 Å². The third-order valence-electron chi connectivity index (χ3n) is 7.29. The van der Waals surface area contributed by atoms with Gasteiger partial charge in [-0.25, -0.2) is 0 Å².